The summed E-state index contributed by atoms with van der Waals surface area (Å²) in [5.74, 6) is 1.13. The van der Waals surface area contributed by atoms with Gasteiger partial charge in [0.25, 0.3) is 10.0 Å². The van der Waals surface area contributed by atoms with E-state index in [0.29, 0.717) is 32.9 Å². The molecule has 5 rings (SSSR count). The second kappa shape index (κ2) is 8.62. The molecule has 0 atom stereocenters. The highest BCUT2D eigenvalue weighted by Crippen LogP contribution is 2.35. The number of aromatic nitrogens is 2. The minimum atomic E-state index is -3.91. The molecule has 5 aromatic rings. The normalized spacial score (nSPS) is 11.7. The van der Waals surface area contributed by atoms with Gasteiger partial charge < -0.3 is 4.42 Å². The molecule has 0 unspecified atom stereocenters. The van der Waals surface area contributed by atoms with E-state index in [4.69, 9.17) is 16.0 Å². The third-order valence-electron chi connectivity index (χ3n) is 5.03. The Morgan fingerprint density at radius 3 is 2.48 bits per heavy atom. The minimum absolute atomic E-state index is 0.150. The van der Waals surface area contributed by atoms with Crippen LogP contribution in [0.5, 0.6) is 0 Å². The Labute approximate surface area is 200 Å². The molecule has 0 saturated carbocycles. The molecule has 0 aliphatic heterocycles. The zero-order valence-electron chi connectivity index (χ0n) is 17.5. The zero-order valence-corrected chi connectivity index (χ0v) is 19.9. The molecular weight excluding hydrogens is 478 g/mol. The second-order valence-electron chi connectivity index (χ2n) is 7.41. The quantitative estimate of drug-likeness (QED) is 0.276. The van der Waals surface area contributed by atoms with Crippen LogP contribution in [0.15, 0.2) is 88.3 Å². The molecule has 0 N–H and O–H groups in total. The fourth-order valence-corrected chi connectivity index (χ4v) is 6.11. The van der Waals surface area contributed by atoms with Crippen molar-refractivity contribution in [3.05, 3.63) is 95.3 Å². The lowest BCUT2D eigenvalue weighted by atomic mass is 10.2. The molecule has 0 radical (unpaired) electrons. The Morgan fingerprint density at radius 2 is 1.79 bits per heavy atom. The summed E-state index contributed by atoms with van der Waals surface area (Å²) < 4.78 is 35.3. The van der Waals surface area contributed by atoms with Crippen LogP contribution < -0.4 is 4.31 Å². The van der Waals surface area contributed by atoms with E-state index in [-0.39, 0.29) is 11.4 Å². The van der Waals surface area contributed by atoms with Crippen molar-refractivity contribution in [2.24, 2.45) is 0 Å². The maximum atomic E-state index is 13.8. The van der Waals surface area contributed by atoms with E-state index in [2.05, 4.69) is 9.97 Å². The van der Waals surface area contributed by atoms with Crippen molar-refractivity contribution in [1.29, 1.82) is 0 Å². The number of hydrogen-bond donors (Lipinski definition) is 0. The molecule has 2 heterocycles. The standard InChI is InChI=1S/C24H18ClN3O3S2/c1-16-14-26-23(31-16)18-7-10-20(11-8-18)33(29,30)28(15-17-5-3-2-4-6-17)24-27-21-13-19(25)9-12-22(21)32-24/h2-14H,15H2,1H3. The highest BCUT2D eigenvalue weighted by Gasteiger charge is 2.28. The molecule has 166 valence electrons. The summed E-state index contributed by atoms with van der Waals surface area (Å²) in [6.07, 6.45) is 1.63. The molecular formula is C24H18ClN3O3S2. The number of fused-ring (bicyclic) bond motifs is 1. The van der Waals surface area contributed by atoms with Crippen molar-refractivity contribution in [1.82, 2.24) is 9.97 Å². The summed E-state index contributed by atoms with van der Waals surface area (Å²) >= 11 is 7.42. The van der Waals surface area contributed by atoms with Crippen LogP contribution in [0.1, 0.15) is 11.3 Å². The van der Waals surface area contributed by atoms with Crippen LogP contribution in [0.3, 0.4) is 0 Å². The van der Waals surface area contributed by atoms with Crippen molar-refractivity contribution in [3.8, 4) is 11.5 Å². The highest BCUT2D eigenvalue weighted by atomic mass is 35.5. The lowest BCUT2D eigenvalue weighted by Crippen LogP contribution is -2.30. The van der Waals surface area contributed by atoms with Gasteiger partial charge in [0.2, 0.25) is 11.0 Å². The number of oxazole rings is 1. The van der Waals surface area contributed by atoms with Crippen LogP contribution in [0.25, 0.3) is 21.7 Å². The van der Waals surface area contributed by atoms with Gasteiger partial charge in [0.1, 0.15) is 5.76 Å². The van der Waals surface area contributed by atoms with Gasteiger partial charge in [0, 0.05) is 10.6 Å². The molecule has 0 spiro atoms. The van der Waals surface area contributed by atoms with Crippen molar-refractivity contribution in [2.75, 3.05) is 4.31 Å². The second-order valence-corrected chi connectivity index (χ2v) is 10.7. The van der Waals surface area contributed by atoms with Gasteiger partial charge in [0.15, 0.2) is 0 Å². The Morgan fingerprint density at radius 1 is 1.03 bits per heavy atom. The van der Waals surface area contributed by atoms with Crippen molar-refractivity contribution >= 4 is 48.3 Å². The summed E-state index contributed by atoms with van der Waals surface area (Å²) in [6.45, 7) is 1.96. The number of anilines is 1. The van der Waals surface area contributed by atoms with E-state index in [9.17, 15) is 8.42 Å². The molecule has 0 saturated heterocycles. The number of benzene rings is 3. The molecule has 6 nitrogen and oxygen atoms in total. The number of rotatable bonds is 6. The largest absolute Gasteiger partial charge is 0.441 e. The topological polar surface area (TPSA) is 76.3 Å². The molecule has 9 heteroatoms. The van der Waals surface area contributed by atoms with Gasteiger partial charge in [-0.25, -0.2) is 22.7 Å². The number of halogens is 1. The maximum absolute atomic E-state index is 13.8. The van der Waals surface area contributed by atoms with Crippen LogP contribution in [-0.2, 0) is 16.6 Å². The van der Waals surface area contributed by atoms with Crippen molar-refractivity contribution < 1.29 is 12.8 Å². The number of nitrogens with zero attached hydrogens (tertiary/aromatic N) is 3. The Kier molecular flexibility index (Phi) is 5.65. The van der Waals surface area contributed by atoms with Gasteiger partial charge in [-0.1, -0.05) is 53.3 Å². The smallest absolute Gasteiger partial charge is 0.266 e. The average molecular weight is 496 g/mol. The summed E-state index contributed by atoms with van der Waals surface area (Å²) in [5, 5.41) is 0.928. The lowest BCUT2D eigenvalue weighted by Gasteiger charge is -2.22. The first-order valence-corrected chi connectivity index (χ1v) is 12.7. The predicted molar refractivity (Wildman–Crippen MR) is 131 cm³/mol. The maximum Gasteiger partial charge on any atom is 0.266 e. The predicted octanol–water partition coefficient (Wildman–Crippen LogP) is 6.31. The Balaban J connectivity index is 1.57. The lowest BCUT2D eigenvalue weighted by molar-refractivity contribution is 0.542. The number of hydrogen-bond acceptors (Lipinski definition) is 6. The van der Waals surface area contributed by atoms with E-state index >= 15 is 0 Å². The first-order chi connectivity index (χ1) is 15.9. The van der Waals surface area contributed by atoms with Gasteiger partial charge in [0.05, 0.1) is 27.9 Å². The average Bonchev–Trinajstić information content (AvgIpc) is 3.44. The fraction of sp³-hybridized carbons (Fsp3) is 0.0833. The monoisotopic (exact) mass is 495 g/mol. The zero-order chi connectivity index (χ0) is 23.0. The van der Waals surface area contributed by atoms with Crippen LogP contribution in [0.4, 0.5) is 5.13 Å². The fourth-order valence-electron chi connectivity index (χ4n) is 3.38. The summed E-state index contributed by atoms with van der Waals surface area (Å²) in [5.41, 5.74) is 2.21. The highest BCUT2D eigenvalue weighted by molar-refractivity contribution is 7.93. The molecule has 0 fully saturated rings. The molecule has 0 bridgehead atoms. The summed E-state index contributed by atoms with van der Waals surface area (Å²) in [7, 11) is -3.91. The molecule has 0 aliphatic rings. The van der Waals surface area contributed by atoms with E-state index in [1.807, 2.05) is 43.3 Å². The molecule has 0 aliphatic carbocycles. The molecule has 3 aromatic carbocycles. The first-order valence-electron chi connectivity index (χ1n) is 10.1. The van der Waals surface area contributed by atoms with Crippen molar-refractivity contribution in [3.63, 3.8) is 0 Å². The summed E-state index contributed by atoms with van der Waals surface area (Å²) in [4.78, 5) is 8.94. The minimum Gasteiger partial charge on any atom is -0.441 e. The Bertz CT molecular complexity index is 1530. The first kappa shape index (κ1) is 21.6. The van der Waals surface area contributed by atoms with Gasteiger partial charge in [-0.15, -0.1) is 0 Å². The number of aryl methyl sites for hydroxylation is 1. The summed E-state index contributed by atoms with van der Waals surface area (Å²) in [6, 6.07) is 21.3. The third-order valence-corrected chi connectivity index (χ3v) is 8.19. The molecule has 33 heavy (non-hydrogen) atoms. The van der Waals surface area contributed by atoms with Crippen LogP contribution in [0.2, 0.25) is 5.02 Å². The van der Waals surface area contributed by atoms with Gasteiger partial charge in [-0.3, -0.25) is 0 Å². The van der Waals surface area contributed by atoms with Gasteiger partial charge in [-0.05, 0) is 55.0 Å². The number of sulfonamides is 1. The molecule has 2 aromatic heterocycles. The van der Waals surface area contributed by atoms with E-state index in [1.54, 1.807) is 42.6 Å². The van der Waals surface area contributed by atoms with Gasteiger partial charge in [-0.2, -0.15) is 0 Å². The number of thiazole rings is 1. The van der Waals surface area contributed by atoms with Crippen LogP contribution in [-0.4, -0.2) is 18.4 Å². The van der Waals surface area contributed by atoms with Crippen molar-refractivity contribution in [2.45, 2.75) is 18.4 Å². The Hall–Kier alpha value is -3.20. The van der Waals surface area contributed by atoms with E-state index in [0.717, 1.165) is 10.3 Å². The third kappa shape index (κ3) is 4.37. The van der Waals surface area contributed by atoms with E-state index in [1.165, 1.54) is 15.6 Å². The SMILES string of the molecule is Cc1cnc(-c2ccc(S(=O)(=O)N(Cc3ccccc3)c3nc4cc(Cl)ccc4s3)cc2)o1. The van der Waals surface area contributed by atoms with E-state index < -0.39 is 10.0 Å². The van der Waals surface area contributed by atoms with Crippen LogP contribution in [0, 0.1) is 6.92 Å². The van der Waals surface area contributed by atoms with Gasteiger partial charge >= 0.3 is 0 Å². The molecule has 0 amide bonds. The van der Waals surface area contributed by atoms with Crippen LogP contribution >= 0.6 is 22.9 Å².